The maximum absolute atomic E-state index is 14.1. The van der Waals surface area contributed by atoms with Gasteiger partial charge < -0.3 is 5.11 Å². The van der Waals surface area contributed by atoms with Crippen molar-refractivity contribution in [3.63, 3.8) is 0 Å². The van der Waals surface area contributed by atoms with Crippen molar-refractivity contribution in [2.75, 3.05) is 12.0 Å². The molecule has 0 spiro atoms. The highest BCUT2D eigenvalue weighted by atomic mass is 35.5. The van der Waals surface area contributed by atoms with E-state index in [9.17, 15) is 17.6 Å². The van der Waals surface area contributed by atoms with Crippen molar-refractivity contribution < 1.29 is 22.7 Å². The SMILES string of the molecule is CCC(CSC)NS(=O)(=O)c1cc(Cl)cc(C(=O)O)c1F. The molecule has 1 aromatic carbocycles. The lowest BCUT2D eigenvalue weighted by molar-refractivity contribution is 0.0691. The summed E-state index contributed by atoms with van der Waals surface area (Å²) in [4.78, 5) is 10.2. The molecule has 1 atom stereocenters. The van der Waals surface area contributed by atoms with Gasteiger partial charge in [-0.25, -0.2) is 22.3 Å². The van der Waals surface area contributed by atoms with E-state index in [0.29, 0.717) is 12.2 Å². The van der Waals surface area contributed by atoms with E-state index >= 15 is 0 Å². The van der Waals surface area contributed by atoms with Gasteiger partial charge in [0.05, 0.1) is 5.56 Å². The molecule has 0 aliphatic carbocycles. The van der Waals surface area contributed by atoms with Crippen LogP contribution < -0.4 is 4.72 Å². The van der Waals surface area contributed by atoms with Crippen LogP contribution in [0.2, 0.25) is 5.02 Å². The molecule has 0 amide bonds. The van der Waals surface area contributed by atoms with E-state index in [1.807, 2.05) is 6.26 Å². The number of aromatic carboxylic acids is 1. The predicted octanol–water partition coefficient (Wildman–Crippen LogP) is 2.60. The summed E-state index contributed by atoms with van der Waals surface area (Å²) in [6.07, 6.45) is 2.34. The molecule has 0 saturated heterocycles. The van der Waals surface area contributed by atoms with Gasteiger partial charge in [0.25, 0.3) is 0 Å². The summed E-state index contributed by atoms with van der Waals surface area (Å²) in [6, 6.07) is 1.39. The van der Waals surface area contributed by atoms with Crippen LogP contribution in [-0.4, -0.2) is 37.5 Å². The van der Waals surface area contributed by atoms with Crippen LogP contribution in [0.25, 0.3) is 0 Å². The van der Waals surface area contributed by atoms with Crippen molar-refractivity contribution in [2.24, 2.45) is 0 Å². The van der Waals surface area contributed by atoms with Crippen molar-refractivity contribution >= 4 is 39.4 Å². The van der Waals surface area contributed by atoms with Crippen LogP contribution in [0.4, 0.5) is 4.39 Å². The second-order valence-electron chi connectivity index (χ2n) is 4.25. The lowest BCUT2D eigenvalue weighted by Gasteiger charge is -2.16. The molecule has 118 valence electrons. The summed E-state index contributed by atoms with van der Waals surface area (Å²) in [6.45, 7) is 1.79. The molecule has 0 bridgehead atoms. The average molecular weight is 356 g/mol. The Morgan fingerprint density at radius 2 is 2.14 bits per heavy atom. The van der Waals surface area contributed by atoms with Gasteiger partial charge in [-0.3, -0.25) is 0 Å². The predicted molar refractivity (Wildman–Crippen MR) is 81.2 cm³/mol. The normalized spacial score (nSPS) is 13.1. The third kappa shape index (κ3) is 4.57. The van der Waals surface area contributed by atoms with Gasteiger partial charge in [0, 0.05) is 16.8 Å². The number of carbonyl (C=O) groups is 1. The Morgan fingerprint density at radius 3 is 2.62 bits per heavy atom. The fraction of sp³-hybridized carbons (Fsp3) is 0.417. The van der Waals surface area contributed by atoms with Crippen LogP contribution in [0, 0.1) is 5.82 Å². The van der Waals surface area contributed by atoms with Gasteiger partial charge in [-0.15, -0.1) is 0 Å². The van der Waals surface area contributed by atoms with Gasteiger partial charge in [-0.2, -0.15) is 11.8 Å². The number of nitrogens with one attached hydrogen (secondary N) is 1. The van der Waals surface area contributed by atoms with Crippen molar-refractivity contribution in [2.45, 2.75) is 24.3 Å². The summed E-state index contributed by atoms with van der Waals surface area (Å²) in [5, 5.41) is 8.72. The Labute approximate surface area is 131 Å². The third-order valence-electron chi connectivity index (χ3n) is 2.71. The number of sulfonamides is 1. The Bertz CT molecular complexity index is 636. The van der Waals surface area contributed by atoms with Gasteiger partial charge in [-0.1, -0.05) is 18.5 Å². The minimum atomic E-state index is -4.19. The van der Waals surface area contributed by atoms with Crippen LogP contribution in [0.15, 0.2) is 17.0 Å². The van der Waals surface area contributed by atoms with Crippen molar-refractivity contribution in [1.82, 2.24) is 4.72 Å². The van der Waals surface area contributed by atoms with Gasteiger partial charge in [0.1, 0.15) is 4.90 Å². The van der Waals surface area contributed by atoms with Crippen LogP contribution in [0.1, 0.15) is 23.7 Å². The van der Waals surface area contributed by atoms with Crippen LogP contribution in [0.3, 0.4) is 0 Å². The molecule has 0 radical (unpaired) electrons. The molecule has 1 aromatic rings. The molecule has 21 heavy (non-hydrogen) atoms. The molecule has 0 heterocycles. The summed E-state index contributed by atoms with van der Waals surface area (Å²) < 4.78 is 40.9. The monoisotopic (exact) mass is 355 g/mol. The molecular formula is C12H15ClFNO4S2. The maximum atomic E-state index is 14.1. The average Bonchev–Trinajstić information content (AvgIpc) is 2.39. The van der Waals surface area contributed by atoms with E-state index in [4.69, 9.17) is 16.7 Å². The molecule has 0 saturated carbocycles. The highest BCUT2D eigenvalue weighted by Crippen LogP contribution is 2.24. The van der Waals surface area contributed by atoms with Crippen molar-refractivity contribution in [1.29, 1.82) is 0 Å². The molecular weight excluding hydrogens is 341 g/mol. The first-order valence-corrected chi connectivity index (χ1v) is 9.22. The molecule has 0 aromatic heterocycles. The van der Waals surface area contributed by atoms with Crippen molar-refractivity contribution in [3.05, 3.63) is 28.5 Å². The summed E-state index contributed by atoms with van der Waals surface area (Å²) in [5.41, 5.74) is -0.777. The number of rotatable bonds is 7. The summed E-state index contributed by atoms with van der Waals surface area (Å²) >= 11 is 7.12. The lowest BCUT2D eigenvalue weighted by Crippen LogP contribution is -2.36. The first-order valence-electron chi connectivity index (χ1n) is 5.96. The number of benzene rings is 1. The molecule has 0 fully saturated rings. The number of thioether (sulfide) groups is 1. The fourth-order valence-corrected chi connectivity index (χ4v) is 4.19. The van der Waals surface area contributed by atoms with Crippen LogP contribution in [-0.2, 0) is 10.0 Å². The Kier molecular flexibility index (Phi) is 6.45. The molecule has 9 heteroatoms. The van der Waals surface area contributed by atoms with Crippen LogP contribution in [0.5, 0.6) is 0 Å². The largest absolute Gasteiger partial charge is 0.478 e. The minimum absolute atomic E-state index is 0.160. The molecule has 0 aliphatic rings. The standard InChI is InChI=1S/C12H15ClFNO4S2/c1-3-8(6-20-2)15-21(18,19)10-5-7(13)4-9(11(10)14)12(16)17/h4-5,8,15H,3,6H2,1-2H3,(H,16,17). The van der Waals surface area contributed by atoms with Gasteiger partial charge in [0.15, 0.2) is 5.82 Å². The highest BCUT2D eigenvalue weighted by molar-refractivity contribution is 7.98. The van der Waals surface area contributed by atoms with E-state index in [0.717, 1.165) is 12.1 Å². The molecule has 0 aliphatic heterocycles. The zero-order valence-electron chi connectivity index (χ0n) is 11.4. The molecule has 1 rings (SSSR count). The number of halogens is 2. The second-order valence-corrected chi connectivity index (χ2v) is 7.28. The van der Waals surface area contributed by atoms with E-state index in [1.165, 1.54) is 11.8 Å². The zero-order valence-corrected chi connectivity index (χ0v) is 13.8. The molecule has 2 N–H and O–H groups in total. The minimum Gasteiger partial charge on any atom is -0.478 e. The van der Waals surface area contributed by atoms with Gasteiger partial charge in [-0.05, 0) is 24.8 Å². The summed E-state index contributed by atoms with van der Waals surface area (Å²) in [7, 11) is -4.19. The van der Waals surface area contributed by atoms with E-state index in [-0.39, 0.29) is 11.1 Å². The van der Waals surface area contributed by atoms with Gasteiger partial charge >= 0.3 is 5.97 Å². The Hall–Kier alpha value is -0.830. The Balaban J connectivity index is 3.28. The zero-order chi connectivity index (χ0) is 16.2. The van der Waals surface area contributed by atoms with Gasteiger partial charge in [0.2, 0.25) is 10.0 Å². The highest BCUT2D eigenvalue weighted by Gasteiger charge is 2.26. The second kappa shape index (κ2) is 7.44. The maximum Gasteiger partial charge on any atom is 0.338 e. The fourth-order valence-electron chi connectivity index (χ4n) is 1.63. The Morgan fingerprint density at radius 1 is 1.52 bits per heavy atom. The van der Waals surface area contributed by atoms with E-state index in [1.54, 1.807) is 6.92 Å². The van der Waals surface area contributed by atoms with Crippen molar-refractivity contribution in [3.8, 4) is 0 Å². The number of hydrogen-bond acceptors (Lipinski definition) is 4. The van der Waals surface area contributed by atoms with E-state index in [2.05, 4.69) is 4.72 Å². The number of carboxylic acid groups (broad SMARTS) is 1. The van der Waals surface area contributed by atoms with E-state index < -0.39 is 32.3 Å². The summed E-state index contributed by atoms with van der Waals surface area (Å²) in [5.74, 6) is -2.38. The molecule has 5 nitrogen and oxygen atoms in total. The first kappa shape index (κ1) is 18.2. The topological polar surface area (TPSA) is 83.5 Å². The number of hydrogen-bond donors (Lipinski definition) is 2. The lowest BCUT2D eigenvalue weighted by atomic mass is 10.2. The number of carboxylic acids is 1. The first-order chi connectivity index (χ1) is 9.72. The van der Waals surface area contributed by atoms with Crippen LogP contribution >= 0.6 is 23.4 Å². The quantitative estimate of drug-likeness (QED) is 0.785. The third-order valence-corrected chi connectivity index (χ3v) is 5.18. The smallest absolute Gasteiger partial charge is 0.338 e. The molecule has 1 unspecified atom stereocenters.